The lowest BCUT2D eigenvalue weighted by molar-refractivity contribution is 0.141. The molecular weight excluding hydrogens is 494 g/mol. The van der Waals surface area contributed by atoms with Gasteiger partial charge in [0.05, 0.1) is 16.5 Å². The molecule has 8 heteroatoms. The third kappa shape index (κ3) is 5.72. The smallest absolute Gasteiger partial charge is 0.243 e. The number of aryl methyl sites for hydroxylation is 1. The van der Waals surface area contributed by atoms with Gasteiger partial charge in [-0.15, -0.1) is 0 Å². The van der Waals surface area contributed by atoms with Gasteiger partial charge in [-0.25, -0.2) is 18.4 Å². The van der Waals surface area contributed by atoms with E-state index in [0.717, 1.165) is 47.5 Å². The largest absolute Gasteiger partial charge is 0.369 e. The maximum atomic E-state index is 13.2. The van der Waals surface area contributed by atoms with E-state index in [1.807, 2.05) is 42.5 Å². The lowest BCUT2D eigenvalue weighted by Gasteiger charge is -2.36. The third-order valence-electron chi connectivity index (χ3n) is 7.33. The predicted octanol–water partition coefficient (Wildman–Crippen LogP) is 4.91. The standard InChI is InChI=1S/C30H35N5O2S/c1-3-24-13-15-26(16-14-24)38(36,37)35-21-19-34(20-22-35)23(2)29-32-28-12-8-7-11-27(28)30(33-29)31-18-17-25-9-5-4-6-10-25/h4-16,23H,3,17-22H2,1-2H3,(H,31,32,33). The average molecular weight is 530 g/mol. The van der Waals surface area contributed by atoms with Gasteiger partial charge in [0.15, 0.2) is 0 Å². The van der Waals surface area contributed by atoms with E-state index in [4.69, 9.17) is 9.97 Å². The molecule has 1 aliphatic rings. The van der Waals surface area contributed by atoms with Crippen LogP contribution >= 0.6 is 0 Å². The molecule has 4 aromatic rings. The first kappa shape index (κ1) is 26.3. The van der Waals surface area contributed by atoms with Gasteiger partial charge in [0.1, 0.15) is 11.6 Å². The van der Waals surface area contributed by atoms with Crippen LogP contribution in [-0.2, 0) is 22.9 Å². The molecule has 1 aliphatic heterocycles. The summed E-state index contributed by atoms with van der Waals surface area (Å²) in [5.74, 6) is 1.59. The van der Waals surface area contributed by atoms with Crippen LogP contribution in [-0.4, -0.2) is 60.3 Å². The fraction of sp³-hybridized carbons (Fsp3) is 0.333. The zero-order chi connectivity index (χ0) is 26.5. The Morgan fingerprint density at radius 3 is 2.24 bits per heavy atom. The van der Waals surface area contributed by atoms with Crippen LogP contribution in [0.4, 0.5) is 5.82 Å². The molecule has 1 unspecified atom stereocenters. The summed E-state index contributed by atoms with van der Waals surface area (Å²) in [6.45, 7) is 7.07. The molecule has 0 saturated carbocycles. The predicted molar refractivity (Wildman–Crippen MR) is 153 cm³/mol. The van der Waals surface area contributed by atoms with E-state index in [1.165, 1.54) is 5.56 Å². The van der Waals surface area contributed by atoms with Crippen molar-refractivity contribution in [1.82, 2.24) is 19.2 Å². The molecule has 1 fully saturated rings. The summed E-state index contributed by atoms with van der Waals surface area (Å²) in [5, 5.41) is 4.53. The third-order valence-corrected chi connectivity index (χ3v) is 9.25. The normalized spacial score (nSPS) is 15.9. The summed E-state index contributed by atoms with van der Waals surface area (Å²) < 4.78 is 28.0. The van der Waals surface area contributed by atoms with Crippen LogP contribution < -0.4 is 5.32 Å². The molecule has 2 heterocycles. The summed E-state index contributed by atoms with van der Waals surface area (Å²) in [6.07, 6.45) is 1.79. The number of benzene rings is 3. The van der Waals surface area contributed by atoms with Crippen molar-refractivity contribution >= 4 is 26.7 Å². The zero-order valence-corrected chi connectivity index (χ0v) is 22.9. The van der Waals surface area contributed by atoms with Crippen molar-refractivity contribution in [3.05, 3.63) is 95.8 Å². The van der Waals surface area contributed by atoms with Crippen LogP contribution in [0, 0.1) is 0 Å². The first-order valence-electron chi connectivity index (χ1n) is 13.3. The fourth-order valence-electron chi connectivity index (χ4n) is 4.93. The van der Waals surface area contributed by atoms with Crippen LogP contribution in [0.1, 0.15) is 36.8 Å². The van der Waals surface area contributed by atoms with Gasteiger partial charge in [-0.3, -0.25) is 4.90 Å². The molecular formula is C30H35N5O2S. The second-order valence-corrected chi connectivity index (χ2v) is 11.7. The maximum absolute atomic E-state index is 13.2. The molecule has 0 aliphatic carbocycles. The Labute approximate surface area is 225 Å². The summed E-state index contributed by atoms with van der Waals surface area (Å²) in [5.41, 5.74) is 3.32. The van der Waals surface area contributed by atoms with Gasteiger partial charge in [0, 0.05) is 38.1 Å². The minimum Gasteiger partial charge on any atom is -0.369 e. The van der Waals surface area contributed by atoms with Crippen LogP contribution in [0.3, 0.4) is 0 Å². The van der Waals surface area contributed by atoms with Gasteiger partial charge in [-0.05, 0) is 55.2 Å². The van der Waals surface area contributed by atoms with Gasteiger partial charge in [-0.1, -0.05) is 61.5 Å². The number of para-hydroxylation sites is 1. The van der Waals surface area contributed by atoms with Gasteiger partial charge in [0.25, 0.3) is 0 Å². The fourth-order valence-corrected chi connectivity index (χ4v) is 6.35. The molecule has 198 valence electrons. The number of rotatable bonds is 9. The maximum Gasteiger partial charge on any atom is 0.243 e. The summed E-state index contributed by atoms with van der Waals surface area (Å²) >= 11 is 0. The minimum atomic E-state index is -3.50. The van der Waals surface area contributed by atoms with E-state index in [9.17, 15) is 8.42 Å². The molecule has 1 aromatic heterocycles. The number of nitrogens with one attached hydrogen (secondary N) is 1. The van der Waals surface area contributed by atoms with Crippen molar-refractivity contribution in [3.63, 3.8) is 0 Å². The monoisotopic (exact) mass is 529 g/mol. The van der Waals surface area contributed by atoms with E-state index >= 15 is 0 Å². The van der Waals surface area contributed by atoms with E-state index in [-0.39, 0.29) is 6.04 Å². The first-order chi connectivity index (χ1) is 18.5. The number of aromatic nitrogens is 2. The lowest BCUT2D eigenvalue weighted by atomic mass is 10.1. The molecule has 0 spiro atoms. The van der Waals surface area contributed by atoms with E-state index in [0.29, 0.717) is 31.1 Å². The van der Waals surface area contributed by atoms with Crippen molar-refractivity contribution in [1.29, 1.82) is 0 Å². The lowest BCUT2D eigenvalue weighted by Crippen LogP contribution is -2.49. The Hall–Kier alpha value is -3.33. The number of nitrogens with zero attached hydrogens (tertiary/aromatic N) is 4. The minimum absolute atomic E-state index is 0.0389. The summed E-state index contributed by atoms with van der Waals surface area (Å²) in [4.78, 5) is 12.5. The summed E-state index contributed by atoms with van der Waals surface area (Å²) in [7, 11) is -3.50. The quantitative estimate of drug-likeness (QED) is 0.332. The number of piperazine rings is 1. The van der Waals surface area contributed by atoms with E-state index in [2.05, 4.69) is 48.3 Å². The topological polar surface area (TPSA) is 78.4 Å². The highest BCUT2D eigenvalue weighted by Gasteiger charge is 2.31. The van der Waals surface area contributed by atoms with Gasteiger partial charge in [0.2, 0.25) is 10.0 Å². The molecule has 1 atom stereocenters. The van der Waals surface area contributed by atoms with Gasteiger partial charge < -0.3 is 5.32 Å². The molecule has 3 aromatic carbocycles. The molecule has 0 amide bonds. The second-order valence-electron chi connectivity index (χ2n) is 9.72. The average Bonchev–Trinajstić information content (AvgIpc) is 2.97. The van der Waals surface area contributed by atoms with Crippen molar-refractivity contribution in [3.8, 4) is 0 Å². The van der Waals surface area contributed by atoms with Crippen molar-refractivity contribution in [2.45, 2.75) is 37.6 Å². The number of hydrogen-bond acceptors (Lipinski definition) is 6. The Bertz CT molecular complexity index is 1470. The molecule has 0 bridgehead atoms. The molecule has 38 heavy (non-hydrogen) atoms. The Morgan fingerprint density at radius 1 is 0.842 bits per heavy atom. The van der Waals surface area contributed by atoms with Crippen LogP contribution in [0.15, 0.2) is 83.8 Å². The first-order valence-corrected chi connectivity index (χ1v) is 14.8. The molecule has 1 N–H and O–H groups in total. The second kappa shape index (κ2) is 11.6. The van der Waals surface area contributed by atoms with Crippen molar-refractivity contribution in [2.75, 3.05) is 38.0 Å². The Kier molecular flexibility index (Phi) is 8.02. The SMILES string of the molecule is CCc1ccc(S(=O)(=O)N2CCN(C(C)c3nc(NCCc4ccccc4)c4ccccc4n3)CC2)cc1. The Morgan fingerprint density at radius 2 is 1.53 bits per heavy atom. The number of fused-ring (bicyclic) bond motifs is 1. The molecule has 7 nitrogen and oxygen atoms in total. The number of sulfonamides is 1. The van der Waals surface area contributed by atoms with Crippen molar-refractivity contribution in [2.24, 2.45) is 0 Å². The van der Waals surface area contributed by atoms with Crippen LogP contribution in [0.25, 0.3) is 10.9 Å². The van der Waals surface area contributed by atoms with Crippen molar-refractivity contribution < 1.29 is 8.42 Å². The molecule has 5 rings (SSSR count). The highest BCUT2D eigenvalue weighted by molar-refractivity contribution is 7.89. The van der Waals surface area contributed by atoms with E-state index in [1.54, 1.807) is 16.4 Å². The molecule has 1 saturated heterocycles. The summed E-state index contributed by atoms with van der Waals surface area (Å²) in [6, 6.07) is 25.7. The van der Waals surface area contributed by atoms with Crippen LogP contribution in [0.2, 0.25) is 0 Å². The van der Waals surface area contributed by atoms with Gasteiger partial charge in [-0.2, -0.15) is 4.31 Å². The number of anilines is 1. The highest BCUT2D eigenvalue weighted by atomic mass is 32.2. The van der Waals surface area contributed by atoms with E-state index < -0.39 is 10.0 Å². The van der Waals surface area contributed by atoms with Crippen LogP contribution in [0.5, 0.6) is 0 Å². The Balaban J connectivity index is 1.28. The van der Waals surface area contributed by atoms with Gasteiger partial charge >= 0.3 is 0 Å². The number of hydrogen-bond donors (Lipinski definition) is 1. The zero-order valence-electron chi connectivity index (χ0n) is 22.0. The highest BCUT2D eigenvalue weighted by Crippen LogP contribution is 2.27. The molecule has 0 radical (unpaired) electrons.